The molecule has 104 valence electrons. The van der Waals surface area contributed by atoms with Crippen molar-refractivity contribution in [2.24, 2.45) is 0 Å². The number of pyridine rings is 1. The second-order valence-electron chi connectivity index (χ2n) is 4.07. The molecule has 0 aromatic carbocycles. The van der Waals surface area contributed by atoms with Crippen LogP contribution in [0.2, 0.25) is 0 Å². The zero-order valence-electron chi connectivity index (χ0n) is 11.0. The average molecular weight is 275 g/mol. The highest BCUT2D eigenvalue weighted by Gasteiger charge is 2.20. The molecule has 7 heteroatoms. The monoisotopic (exact) mass is 275 g/mol. The Morgan fingerprint density at radius 2 is 2.10 bits per heavy atom. The Hall–Kier alpha value is -2.70. The highest BCUT2D eigenvalue weighted by atomic mass is 16.5. The number of aryl methyl sites for hydroxylation is 1. The normalized spacial score (nSPS) is 10.3. The summed E-state index contributed by atoms with van der Waals surface area (Å²) >= 11 is 0. The van der Waals surface area contributed by atoms with Gasteiger partial charge in [-0.1, -0.05) is 0 Å². The van der Waals surface area contributed by atoms with Gasteiger partial charge in [0, 0.05) is 12.3 Å². The number of esters is 1. The van der Waals surface area contributed by atoms with Gasteiger partial charge in [0.15, 0.2) is 11.4 Å². The molecule has 0 fully saturated rings. The van der Waals surface area contributed by atoms with E-state index in [0.717, 1.165) is 10.2 Å². The molecule has 0 aliphatic rings. The van der Waals surface area contributed by atoms with Crippen LogP contribution in [0.4, 0.5) is 0 Å². The van der Waals surface area contributed by atoms with Gasteiger partial charge in [-0.25, -0.2) is 14.3 Å². The van der Waals surface area contributed by atoms with E-state index < -0.39 is 11.9 Å². The van der Waals surface area contributed by atoms with E-state index in [0.29, 0.717) is 5.69 Å². The zero-order chi connectivity index (χ0) is 14.7. The maximum atomic E-state index is 11.6. The molecular weight excluding hydrogens is 262 g/mol. The van der Waals surface area contributed by atoms with Crippen LogP contribution in [0.1, 0.15) is 33.5 Å². The molecule has 0 amide bonds. The molecule has 0 aliphatic carbocycles. The molecule has 0 atom stereocenters. The Morgan fingerprint density at radius 1 is 1.35 bits per heavy atom. The predicted octanol–water partition coefficient (Wildman–Crippen LogP) is 1.45. The van der Waals surface area contributed by atoms with Crippen LogP contribution in [0, 0.1) is 6.92 Å². The lowest BCUT2D eigenvalue weighted by Crippen LogP contribution is -2.09. The third-order valence-corrected chi connectivity index (χ3v) is 2.52. The average Bonchev–Trinajstić information content (AvgIpc) is 2.84. The second-order valence-corrected chi connectivity index (χ2v) is 4.07. The number of hydrogen-bond donors (Lipinski definition) is 1. The molecule has 0 radical (unpaired) electrons. The number of hydrogen-bond acceptors (Lipinski definition) is 5. The van der Waals surface area contributed by atoms with Gasteiger partial charge < -0.3 is 9.84 Å². The summed E-state index contributed by atoms with van der Waals surface area (Å²) in [5.41, 5.74) is 1.15. The quantitative estimate of drug-likeness (QED) is 0.849. The number of carboxylic acid groups (broad SMARTS) is 1. The van der Waals surface area contributed by atoms with E-state index in [1.54, 1.807) is 19.2 Å². The number of carbonyl (C=O) groups excluding carboxylic acids is 1. The van der Waals surface area contributed by atoms with Crippen LogP contribution in [0.5, 0.6) is 0 Å². The van der Waals surface area contributed by atoms with E-state index in [1.807, 2.05) is 6.92 Å². The molecular formula is C13H13N3O4. The van der Waals surface area contributed by atoms with Gasteiger partial charge in [-0.2, -0.15) is 5.10 Å². The van der Waals surface area contributed by atoms with Crippen molar-refractivity contribution < 1.29 is 19.4 Å². The van der Waals surface area contributed by atoms with Crippen molar-refractivity contribution in [3.63, 3.8) is 0 Å². The van der Waals surface area contributed by atoms with Gasteiger partial charge in [0.2, 0.25) is 0 Å². The number of carbonyl (C=O) groups is 2. The first kappa shape index (κ1) is 13.7. The fraction of sp³-hybridized carbons (Fsp3) is 0.231. The van der Waals surface area contributed by atoms with E-state index in [-0.39, 0.29) is 18.0 Å². The summed E-state index contributed by atoms with van der Waals surface area (Å²) in [6.07, 6.45) is 3.11. The largest absolute Gasteiger partial charge is 0.477 e. The van der Waals surface area contributed by atoms with Crippen molar-refractivity contribution in [3.8, 4) is 5.69 Å². The summed E-state index contributed by atoms with van der Waals surface area (Å²) in [4.78, 5) is 26.8. The molecule has 2 aromatic heterocycles. The molecule has 0 bridgehead atoms. The number of ether oxygens (including phenoxy) is 1. The topological polar surface area (TPSA) is 94.3 Å². The molecule has 0 saturated heterocycles. The van der Waals surface area contributed by atoms with Gasteiger partial charge in [0.05, 0.1) is 18.5 Å². The number of rotatable bonds is 4. The Kier molecular flexibility index (Phi) is 3.79. The third kappa shape index (κ3) is 2.66. The Balaban J connectivity index is 2.51. The Morgan fingerprint density at radius 3 is 2.70 bits per heavy atom. The fourth-order valence-corrected chi connectivity index (χ4v) is 1.69. The van der Waals surface area contributed by atoms with E-state index >= 15 is 0 Å². The smallest absolute Gasteiger partial charge is 0.358 e. The minimum atomic E-state index is -1.19. The molecule has 1 N–H and O–H groups in total. The molecule has 0 unspecified atom stereocenters. The predicted molar refractivity (Wildman–Crippen MR) is 69.0 cm³/mol. The molecule has 2 aromatic rings. The van der Waals surface area contributed by atoms with E-state index in [1.165, 1.54) is 12.3 Å². The van der Waals surface area contributed by atoms with Gasteiger partial charge in [-0.05, 0) is 25.5 Å². The van der Waals surface area contributed by atoms with Crippen molar-refractivity contribution >= 4 is 11.9 Å². The molecule has 0 saturated carbocycles. The standard InChI is InChI=1S/C13H13N3O4/c1-3-20-13(19)10-5-11(12(17)18)16(15-10)9-4-8(2)6-14-7-9/h4-7H,3H2,1-2H3,(H,17,18). The summed E-state index contributed by atoms with van der Waals surface area (Å²) in [6.45, 7) is 3.68. The van der Waals surface area contributed by atoms with Gasteiger partial charge in [-0.3, -0.25) is 4.98 Å². The maximum absolute atomic E-state index is 11.6. The Labute approximate surface area is 114 Å². The van der Waals surface area contributed by atoms with Crippen LogP contribution in [-0.2, 0) is 4.74 Å². The molecule has 0 spiro atoms. The van der Waals surface area contributed by atoms with Gasteiger partial charge >= 0.3 is 11.9 Å². The van der Waals surface area contributed by atoms with Gasteiger partial charge in [-0.15, -0.1) is 0 Å². The van der Waals surface area contributed by atoms with Crippen LogP contribution in [0.25, 0.3) is 5.69 Å². The van der Waals surface area contributed by atoms with E-state index in [4.69, 9.17) is 4.74 Å². The first-order chi connectivity index (χ1) is 9.52. The van der Waals surface area contributed by atoms with Crippen LogP contribution in [0.15, 0.2) is 24.5 Å². The lowest BCUT2D eigenvalue weighted by molar-refractivity contribution is 0.0518. The zero-order valence-corrected chi connectivity index (χ0v) is 11.0. The van der Waals surface area contributed by atoms with Crippen LogP contribution in [0.3, 0.4) is 0 Å². The lowest BCUT2D eigenvalue weighted by Gasteiger charge is -2.04. The SMILES string of the molecule is CCOC(=O)c1cc(C(=O)O)n(-c2cncc(C)c2)n1. The third-order valence-electron chi connectivity index (χ3n) is 2.52. The van der Waals surface area contributed by atoms with Crippen LogP contribution >= 0.6 is 0 Å². The molecule has 0 aliphatic heterocycles. The molecule has 7 nitrogen and oxygen atoms in total. The molecule has 20 heavy (non-hydrogen) atoms. The van der Waals surface area contributed by atoms with Gasteiger partial charge in [0.1, 0.15) is 0 Å². The minimum absolute atomic E-state index is 0.0502. The summed E-state index contributed by atoms with van der Waals surface area (Å²) in [6, 6.07) is 2.91. The van der Waals surface area contributed by atoms with Crippen molar-refractivity contribution in [1.82, 2.24) is 14.8 Å². The number of aromatic carboxylic acids is 1. The van der Waals surface area contributed by atoms with Crippen molar-refractivity contribution in [2.75, 3.05) is 6.61 Å². The Bertz CT molecular complexity index is 663. The lowest BCUT2D eigenvalue weighted by atomic mass is 10.3. The summed E-state index contributed by atoms with van der Waals surface area (Å²) in [5, 5.41) is 13.2. The highest BCUT2D eigenvalue weighted by Crippen LogP contribution is 2.14. The maximum Gasteiger partial charge on any atom is 0.358 e. The highest BCUT2D eigenvalue weighted by molar-refractivity contribution is 5.92. The minimum Gasteiger partial charge on any atom is -0.477 e. The molecule has 2 rings (SSSR count). The summed E-state index contributed by atoms with van der Waals surface area (Å²) < 4.78 is 5.97. The van der Waals surface area contributed by atoms with Gasteiger partial charge in [0.25, 0.3) is 0 Å². The van der Waals surface area contributed by atoms with E-state index in [2.05, 4.69) is 10.1 Å². The first-order valence-corrected chi connectivity index (χ1v) is 5.95. The van der Waals surface area contributed by atoms with Crippen molar-refractivity contribution in [3.05, 3.63) is 41.5 Å². The van der Waals surface area contributed by atoms with Crippen molar-refractivity contribution in [1.29, 1.82) is 0 Å². The summed E-state index contributed by atoms with van der Waals surface area (Å²) in [5.74, 6) is -1.84. The van der Waals surface area contributed by atoms with Crippen molar-refractivity contribution in [2.45, 2.75) is 13.8 Å². The first-order valence-electron chi connectivity index (χ1n) is 5.95. The number of aromatic nitrogens is 3. The summed E-state index contributed by atoms with van der Waals surface area (Å²) in [7, 11) is 0. The second kappa shape index (κ2) is 5.52. The molecule has 2 heterocycles. The van der Waals surface area contributed by atoms with Crippen LogP contribution < -0.4 is 0 Å². The number of carboxylic acids is 1. The van der Waals surface area contributed by atoms with Crippen LogP contribution in [-0.4, -0.2) is 38.4 Å². The number of nitrogens with zero attached hydrogens (tertiary/aromatic N) is 3. The van der Waals surface area contributed by atoms with E-state index in [9.17, 15) is 14.7 Å². The fourth-order valence-electron chi connectivity index (χ4n) is 1.69.